The van der Waals surface area contributed by atoms with E-state index in [0.717, 1.165) is 26.1 Å². The lowest BCUT2D eigenvalue weighted by atomic mass is 9.84. The Morgan fingerprint density at radius 1 is 1.29 bits per heavy atom. The second kappa shape index (κ2) is 6.07. The molecule has 1 aromatic rings. The number of nitrogens with zero attached hydrogens (tertiary/aromatic N) is 4. The summed E-state index contributed by atoms with van der Waals surface area (Å²) in [4.78, 5) is 16.9. The molecule has 3 rings (SSSR count). The van der Waals surface area contributed by atoms with E-state index in [4.69, 9.17) is 23.2 Å². The predicted molar refractivity (Wildman–Crippen MR) is 81.7 cm³/mol. The summed E-state index contributed by atoms with van der Waals surface area (Å²) < 4.78 is 0. The highest BCUT2D eigenvalue weighted by molar-refractivity contribution is 6.34. The third kappa shape index (κ3) is 3.00. The molecule has 2 atom stereocenters. The molecule has 1 aromatic heterocycles. The fourth-order valence-corrected chi connectivity index (χ4v) is 3.83. The molecular weight excluding hydrogens is 311 g/mol. The second-order valence-electron chi connectivity index (χ2n) is 5.86. The van der Waals surface area contributed by atoms with Crippen LogP contribution in [0.25, 0.3) is 0 Å². The van der Waals surface area contributed by atoms with E-state index in [2.05, 4.69) is 22.1 Å². The van der Waals surface area contributed by atoms with Crippen LogP contribution in [-0.4, -0.2) is 58.6 Å². The first-order valence-corrected chi connectivity index (χ1v) is 8.00. The van der Waals surface area contributed by atoms with E-state index < -0.39 is 0 Å². The number of hydrogen-bond acceptors (Lipinski definition) is 4. The summed E-state index contributed by atoms with van der Waals surface area (Å²) in [5.41, 5.74) is 0.347. The van der Waals surface area contributed by atoms with Crippen molar-refractivity contribution in [2.45, 2.75) is 25.3 Å². The fourth-order valence-electron chi connectivity index (χ4n) is 3.51. The molecule has 114 valence electrons. The van der Waals surface area contributed by atoms with Gasteiger partial charge in [-0.3, -0.25) is 4.79 Å². The minimum Gasteiger partial charge on any atom is -0.338 e. The number of piperidine rings is 2. The van der Waals surface area contributed by atoms with Crippen molar-refractivity contribution in [3.63, 3.8) is 0 Å². The van der Waals surface area contributed by atoms with Gasteiger partial charge in [-0.1, -0.05) is 23.2 Å². The van der Waals surface area contributed by atoms with E-state index in [1.54, 1.807) is 0 Å². The molecule has 0 saturated carbocycles. The Bertz CT molecular complexity index is 554. The smallest absolute Gasteiger partial charge is 0.257 e. The fraction of sp³-hybridized carbons (Fsp3) is 0.643. The van der Waals surface area contributed by atoms with Crippen molar-refractivity contribution in [2.24, 2.45) is 5.92 Å². The van der Waals surface area contributed by atoms with Crippen molar-refractivity contribution < 1.29 is 4.79 Å². The monoisotopic (exact) mass is 328 g/mol. The van der Waals surface area contributed by atoms with Gasteiger partial charge in [-0.25, -0.2) is 0 Å². The molecule has 7 heteroatoms. The van der Waals surface area contributed by atoms with Gasteiger partial charge in [0.05, 0.1) is 5.56 Å². The van der Waals surface area contributed by atoms with Crippen molar-refractivity contribution in [3.05, 3.63) is 21.9 Å². The Labute approximate surface area is 134 Å². The number of aromatic nitrogens is 2. The first kappa shape index (κ1) is 15.0. The van der Waals surface area contributed by atoms with Gasteiger partial charge in [0, 0.05) is 19.1 Å². The molecule has 0 spiro atoms. The van der Waals surface area contributed by atoms with E-state index in [0.29, 0.717) is 17.5 Å². The highest BCUT2D eigenvalue weighted by Crippen LogP contribution is 2.30. The first-order chi connectivity index (χ1) is 10.1. The van der Waals surface area contributed by atoms with Crippen molar-refractivity contribution in [1.82, 2.24) is 20.0 Å². The quantitative estimate of drug-likeness (QED) is 0.794. The van der Waals surface area contributed by atoms with Gasteiger partial charge >= 0.3 is 0 Å². The van der Waals surface area contributed by atoms with Gasteiger partial charge in [-0.05, 0) is 44.8 Å². The van der Waals surface area contributed by atoms with Gasteiger partial charge in [0.15, 0.2) is 10.3 Å². The highest BCUT2D eigenvalue weighted by Gasteiger charge is 2.36. The zero-order valence-corrected chi connectivity index (χ0v) is 13.4. The van der Waals surface area contributed by atoms with Crippen molar-refractivity contribution >= 4 is 29.1 Å². The lowest BCUT2D eigenvalue weighted by molar-refractivity contribution is 0.0316. The molecule has 3 heterocycles. The van der Waals surface area contributed by atoms with Gasteiger partial charge in [-0.15, -0.1) is 10.2 Å². The van der Waals surface area contributed by atoms with Crippen molar-refractivity contribution in [1.29, 1.82) is 0 Å². The number of halogens is 2. The maximum atomic E-state index is 12.6. The van der Waals surface area contributed by atoms with Crippen LogP contribution < -0.4 is 0 Å². The van der Waals surface area contributed by atoms with E-state index >= 15 is 0 Å². The number of hydrogen-bond donors (Lipinski definition) is 0. The minimum atomic E-state index is -0.0940. The average molecular weight is 329 g/mol. The lowest BCUT2D eigenvalue weighted by Crippen LogP contribution is -2.53. The molecule has 1 amide bonds. The van der Waals surface area contributed by atoms with Crippen molar-refractivity contribution in [3.8, 4) is 0 Å². The third-order valence-electron chi connectivity index (χ3n) is 4.58. The predicted octanol–water partition coefficient (Wildman–Crippen LogP) is 2.34. The second-order valence-corrected chi connectivity index (χ2v) is 6.61. The summed E-state index contributed by atoms with van der Waals surface area (Å²) in [7, 11) is 2.18. The summed E-state index contributed by atoms with van der Waals surface area (Å²) in [6.07, 6.45) is 3.39. The van der Waals surface area contributed by atoms with Crippen LogP contribution >= 0.6 is 23.2 Å². The van der Waals surface area contributed by atoms with Crippen LogP contribution in [0.3, 0.4) is 0 Å². The maximum Gasteiger partial charge on any atom is 0.257 e. The Kier molecular flexibility index (Phi) is 4.33. The maximum absolute atomic E-state index is 12.6. The molecule has 0 aromatic carbocycles. The standard InChI is InChI=1S/C14H18Cl2N4O/c1-19-5-2-3-9-8-20(6-4-11(9)19)14(21)10-7-12(15)17-18-13(10)16/h7,9,11H,2-6,8H2,1H3. The van der Waals surface area contributed by atoms with Crippen LogP contribution in [-0.2, 0) is 0 Å². The van der Waals surface area contributed by atoms with Crippen LogP contribution in [0.15, 0.2) is 6.07 Å². The molecule has 0 bridgehead atoms. The summed E-state index contributed by atoms with van der Waals surface area (Å²) in [6.45, 7) is 2.69. The molecule has 2 aliphatic heterocycles. The van der Waals surface area contributed by atoms with Crippen molar-refractivity contribution in [2.75, 3.05) is 26.7 Å². The van der Waals surface area contributed by atoms with Gasteiger partial charge in [0.1, 0.15) is 0 Å². The largest absolute Gasteiger partial charge is 0.338 e. The first-order valence-electron chi connectivity index (χ1n) is 7.24. The van der Waals surface area contributed by atoms with Crippen LogP contribution in [0.5, 0.6) is 0 Å². The number of fused-ring (bicyclic) bond motifs is 1. The molecule has 21 heavy (non-hydrogen) atoms. The number of carbonyl (C=O) groups is 1. The summed E-state index contributed by atoms with van der Waals surface area (Å²) in [6, 6.07) is 2.09. The topological polar surface area (TPSA) is 49.3 Å². The van der Waals surface area contributed by atoms with Gasteiger partial charge in [0.25, 0.3) is 5.91 Å². The molecule has 2 fully saturated rings. The molecular formula is C14H18Cl2N4O. The number of amides is 1. The van der Waals surface area contributed by atoms with E-state index in [1.807, 2.05) is 4.90 Å². The molecule has 0 radical (unpaired) electrons. The Balaban J connectivity index is 1.76. The van der Waals surface area contributed by atoms with Crippen LogP contribution in [0.2, 0.25) is 10.3 Å². The molecule has 0 N–H and O–H groups in total. The molecule has 5 nitrogen and oxygen atoms in total. The van der Waals surface area contributed by atoms with Crippen LogP contribution in [0.1, 0.15) is 29.6 Å². The number of carbonyl (C=O) groups excluding carboxylic acids is 1. The van der Waals surface area contributed by atoms with Crippen LogP contribution in [0, 0.1) is 5.92 Å². The van der Waals surface area contributed by atoms with Gasteiger partial charge < -0.3 is 9.80 Å². The molecule has 2 aliphatic rings. The lowest BCUT2D eigenvalue weighted by Gasteiger charge is -2.46. The molecule has 2 unspecified atom stereocenters. The van der Waals surface area contributed by atoms with Gasteiger partial charge in [-0.2, -0.15) is 0 Å². The van der Waals surface area contributed by atoms with Crippen LogP contribution in [0.4, 0.5) is 0 Å². The van der Waals surface area contributed by atoms with E-state index in [1.165, 1.54) is 18.9 Å². The normalized spacial score (nSPS) is 26.5. The zero-order valence-electron chi connectivity index (χ0n) is 11.9. The Morgan fingerprint density at radius 2 is 2.10 bits per heavy atom. The summed E-state index contributed by atoms with van der Waals surface area (Å²) in [5, 5.41) is 7.67. The van der Waals surface area contributed by atoms with Gasteiger partial charge in [0.2, 0.25) is 0 Å². The van der Waals surface area contributed by atoms with E-state index in [-0.39, 0.29) is 16.2 Å². The summed E-state index contributed by atoms with van der Waals surface area (Å²) >= 11 is 11.8. The number of rotatable bonds is 1. The average Bonchev–Trinajstić information content (AvgIpc) is 2.49. The molecule has 0 aliphatic carbocycles. The zero-order chi connectivity index (χ0) is 15.0. The SMILES string of the molecule is CN1CCCC2CN(C(=O)c3cc(Cl)nnc3Cl)CCC21. The highest BCUT2D eigenvalue weighted by atomic mass is 35.5. The number of likely N-dealkylation sites (tertiary alicyclic amines) is 2. The minimum absolute atomic E-state index is 0.0940. The third-order valence-corrected chi connectivity index (χ3v) is 5.05. The summed E-state index contributed by atoms with van der Waals surface area (Å²) in [5.74, 6) is 0.453. The Morgan fingerprint density at radius 3 is 2.90 bits per heavy atom. The Hall–Kier alpha value is -0.910. The molecule has 2 saturated heterocycles. The van der Waals surface area contributed by atoms with E-state index in [9.17, 15) is 4.79 Å².